The van der Waals surface area contributed by atoms with Crippen molar-refractivity contribution in [3.05, 3.63) is 63.5 Å². The van der Waals surface area contributed by atoms with Crippen molar-refractivity contribution in [3.8, 4) is 5.75 Å². The van der Waals surface area contributed by atoms with Crippen LogP contribution in [0.4, 0.5) is 11.4 Å². The van der Waals surface area contributed by atoms with E-state index in [1.807, 2.05) is 0 Å². The van der Waals surface area contributed by atoms with Gasteiger partial charge in [0.05, 0.1) is 33.4 Å². The van der Waals surface area contributed by atoms with Crippen molar-refractivity contribution >= 4 is 66.0 Å². The average Bonchev–Trinajstić information content (AvgIpc) is 3.21. The van der Waals surface area contributed by atoms with E-state index in [0.717, 1.165) is 11.3 Å². The van der Waals surface area contributed by atoms with Gasteiger partial charge in [0, 0.05) is 0 Å². The molecule has 7 nitrogen and oxygen atoms in total. The summed E-state index contributed by atoms with van der Waals surface area (Å²) in [5.74, 6) is 0.535. The molecule has 0 spiro atoms. The van der Waals surface area contributed by atoms with Crippen LogP contribution in [0.1, 0.15) is 5.56 Å². The van der Waals surface area contributed by atoms with Gasteiger partial charge in [-0.1, -0.05) is 29.3 Å². The number of methoxy groups -OCH3 is 1. The Morgan fingerprint density at radius 3 is 2.00 bits per heavy atom. The first kappa shape index (κ1) is 22.7. The molecule has 0 aliphatic heterocycles. The number of ether oxygens (including phenoxy) is 1. The van der Waals surface area contributed by atoms with Crippen LogP contribution in [0.5, 0.6) is 5.75 Å². The first-order chi connectivity index (χ1) is 14.0. The molecule has 160 valence electrons. The zero-order valence-corrected chi connectivity index (χ0v) is 19.6. The Morgan fingerprint density at radius 2 is 1.50 bits per heavy atom. The molecule has 0 fully saturated rings. The molecule has 0 atom stereocenters. The monoisotopic (exact) mass is 506 g/mol. The fourth-order valence-electron chi connectivity index (χ4n) is 2.55. The molecule has 1 heterocycles. The number of aryl methyl sites for hydroxylation is 1. The molecule has 0 saturated carbocycles. The van der Waals surface area contributed by atoms with Gasteiger partial charge in [-0.2, -0.15) is 0 Å². The highest BCUT2D eigenvalue weighted by Crippen LogP contribution is 2.36. The van der Waals surface area contributed by atoms with Gasteiger partial charge in [0.2, 0.25) is 0 Å². The van der Waals surface area contributed by atoms with Crippen LogP contribution in [0.15, 0.2) is 56.9 Å². The van der Waals surface area contributed by atoms with Gasteiger partial charge in [-0.15, -0.1) is 11.3 Å². The number of halogens is 2. The van der Waals surface area contributed by atoms with E-state index < -0.39 is 20.0 Å². The van der Waals surface area contributed by atoms with Crippen LogP contribution in [0.25, 0.3) is 0 Å². The molecule has 0 bridgehead atoms. The Kier molecular flexibility index (Phi) is 6.54. The molecular weight excluding hydrogens is 491 g/mol. The zero-order valence-electron chi connectivity index (χ0n) is 15.6. The second kappa shape index (κ2) is 8.64. The highest BCUT2D eigenvalue weighted by Gasteiger charge is 2.22. The predicted molar refractivity (Wildman–Crippen MR) is 120 cm³/mol. The van der Waals surface area contributed by atoms with Crippen molar-refractivity contribution in [2.24, 2.45) is 0 Å². The molecule has 0 aliphatic rings. The number of nitrogens with one attached hydrogen (secondary N) is 2. The van der Waals surface area contributed by atoms with Gasteiger partial charge in [-0.05, 0) is 54.3 Å². The fourth-order valence-corrected chi connectivity index (χ4v) is 6.10. The van der Waals surface area contributed by atoms with E-state index in [2.05, 4.69) is 9.44 Å². The minimum absolute atomic E-state index is 0.0288. The molecule has 2 N–H and O–H groups in total. The SMILES string of the molecule is COc1ccc(S(=O)(=O)Nc2cc(Cl)c(Cl)cc2NS(=O)(=O)c2cccs2)cc1C. The summed E-state index contributed by atoms with van der Waals surface area (Å²) in [5.41, 5.74) is 0.484. The van der Waals surface area contributed by atoms with Crippen LogP contribution in [-0.2, 0) is 20.0 Å². The summed E-state index contributed by atoms with van der Waals surface area (Å²) in [6, 6.07) is 9.84. The summed E-state index contributed by atoms with van der Waals surface area (Å²) in [4.78, 5) is -0.0288. The lowest BCUT2D eigenvalue weighted by atomic mass is 10.2. The lowest BCUT2D eigenvalue weighted by Crippen LogP contribution is -2.17. The molecule has 0 amide bonds. The Morgan fingerprint density at radius 1 is 0.900 bits per heavy atom. The number of benzene rings is 2. The van der Waals surface area contributed by atoms with Crippen LogP contribution in [0.2, 0.25) is 10.0 Å². The molecule has 12 heteroatoms. The highest BCUT2D eigenvalue weighted by atomic mass is 35.5. The number of anilines is 2. The molecule has 3 rings (SSSR count). The Bertz CT molecular complexity index is 1290. The standard InChI is InChI=1S/C18H16Cl2N2O5S3/c1-11-8-12(5-6-17(11)27-2)29(23,24)21-15-9-13(19)14(20)10-16(15)22-30(25,26)18-4-3-7-28-18/h3-10,21-22H,1-2H3. The number of hydrogen-bond acceptors (Lipinski definition) is 6. The number of thiophene rings is 1. The molecule has 0 saturated heterocycles. The third-order valence-electron chi connectivity index (χ3n) is 3.99. The molecular formula is C18H16Cl2N2O5S3. The van der Waals surface area contributed by atoms with E-state index in [1.165, 1.54) is 43.5 Å². The maximum absolute atomic E-state index is 12.9. The smallest absolute Gasteiger partial charge is 0.271 e. The average molecular weight is 507 g/mol. The number of rotatable bonds is 7. The van der Waals surface area contributed by atoms with Gasteiger partial charge in [-0.3, -0.25) is 9.44 Å². The molecule has 0 unspecified atom stereocenters. The van der Waals surface area contributed by atoms with Gasteiger partial charge in [0.15, 0.2) is 0 Å². The van der Waals surface area contributed by atoms with Crippen LogP contribution in [-0.4, -0.2) is 23.9 Å². The molecule has 2 aromatic carbocycles. The Hall–Kier alpha value is -1.98. The third-order valence-corrected chi connectivity index (χ3v) is 8.83. The van der Waals surface area contributed by atoms with Crippen molar-refractivity contribution in [3.63, 3.8) is 0 Å². The number of hydrogen-bond donors (Lipinski definition) is 2. The lowest BCUT2D eigenvalue weighted by Gasteiger charge is -2.16. The third kappa shape index (κ3) is 4.84. The van der Waals surface area contributed by atoms with E-state index in [4.69, 9.17) is 27.9 Å². The minimum atomic E-state index is -4.06. The van der Waals surface area contributed by atoms with Crippen LogP contribution in [0, 0.1) is 6.92 Å². The maximum atomic E-state index is 12.9. The molecule has 1 aromatic heterocycles. The lowest BCUT2D eigenvalue weighted by molar-refractivity contribution is 0.411. The summed E-state index contributed by atoms with van der Waals surface area (Å²) < 4.78 is 60.9. The van der Waals surface area contributed by atoms with Crippen molar-refractivity contribution < 1.29 is 21.6 Å². The van der Waals surface area contributed by atoms with Gasteiger partial charge in [0.25, 0.3) is 20.0 Å². The molecule has 3 aromatic rings. The zero-order chi connectivity index (χ0) is 22.1. The van der Waals surface area contributed by atoms with E-state index in [0.29, 0.717) is 11.3 Å². The summed E-state index contributed by atoms with van der Waals surface area (Å²) in [6.45, 7) is 1.71. The van der Waals surface area contributed by atoms with Crippen LogP contribution < -0.4 is 14.2 Å². The van der Waals surface area contributed by atoms with Gasteiger partial charge < -0.3 is 4.74 Å². The summed E-state index contributed by atoms with van der Waals surface area (Å²) in [7, 11) is -6.52. The summed E-state index contributed by atoms with van der Waals surface area (Å²) in [5, 5.41) is 1.72. The Balaban J connectivity index is 2.01. The number of sulfonamides is 2. The largest absolute Gasteiger partial charge is 0.496 e. The second-order valence-corrected chi connectivity index (χ2v) is 11.4. The van der Waals surface area contributed by atoms with Gasteiger partial charge >= 0.3 is 0 Å². The Labute approximate surface area is 188 Å². The normalized spacial score (nSPS) is 11.9. The summed E-state index contributed by atoms with van der Waals surface area (Å²) in [6.07, 6.45) is 0. The molecule has 30 heavy (non-hydrogen) atoms. The van der Waals surface area contributed by atoms with Crippen LogP contribution >= 0.6 is 34.5 Å². The van der Waals surface area contributed by atoms with Gasteiger partial charge in [0.1, 0.15) is 9.96 Å². The van der Waals surface area contributed by atoms with Crippen molar-refractivity contribution in [1.82, 2.24) is 0 Å². The second-order valence-electron chi connectivity index (χ2n) is 6.09. The predicted octanol–water partition coefficient (Wildman–Crippen LogP) is 4.97. The highest BCUT2D eigenvalue weighted by molar-refractivity contribution is 7.94. The van der Waals surface area contributed by atoms with E-state index in [9.17, 15) is 16.8 Å². The van der Waals surface area contributed by atoms with Crippen molar-refractivity contribution in [1.29, 1.82) is 0 Å². The van der Waals surface area contributed by atoms with E-state index in [-0.39, 0.29) is 30.5 Å². The summed E-state index contributed by atoms with van der Waals surface area (Å²) >= 11 is 13.1. The van der Waals surface area contributed by atoms with Crippen molar-refractivity contribution in [2.45, 2.75) is 16.0 Å². The quantitative estimate of drug-likeness (QED) is 0.470. The molecule has 0 aliphatic carbocycles. The molecule has 0 radical (unpaired) electrons. The topological polar surface area (TPSA) is 102 Å². The van der Waals surface area contributed by atoms with Crippen LogP contribution in [0.3, 0.4) is 0 Å². The first-order valence-electron chi connectivity index (χ1n) is 8.26. The van der Waals surface area contributed by atoms with Crippen molar-refractivity contribution in [2.75, 3.05) is 16.6 Å². The van der Waals surface area contributed by atoms with E-state index >= 15 is 0 Å². The first-order valence-corrected chi connectivity index (χ1v) is 12.9. The van der Waals surface area contributed by atoms with E-state index in [1.54, 1.807) is 18.4 Å². The minimum Gasteiger partial charge on any atom is -0.496 e. The fraction of sp³-hybridized carbons (Fsp3) is 0.111. The maximum Gasteiger partial charge on any atom is 0.271 e. The van der Waals surface area contributed by atoms with Gasteiger partial charge in [-0.25, -0.2) is 16.8 Å².